The van der Waals surface area contributed by atoms with Gasteiger partial charge in [-0.3, -0.25) is 19.7 Å². The minimum absolute atomic E-state index is 0.0633. The van der Waals surface area contributed by atoms with Crippen LogP contribution in [0.15, 0.2) is 47.4 Å². The molecule has 0 bridgehead atoms. The van der Waals surface area contributed by atoms with Gasteiger partial charge in [0.2, 0.25) is 0 Å². The van der Waals surface area contributed by atoms with Gasteiger partial charge in [0.15, 0.2) is 5.78 Å². The third-order valence-corrected chi connectivity index (χ3v) is 3.29. The molecule has 8 nitrogen and oxygen atoms in total. The third kappa shape index (κ3) is 4.50. The Morgan fingerprint density at radius 1 is 1.29 bits per heavy atom. The predicted octanol–water partition coefficient (Wildman–Crippen LogP) is 1.40. The smallest absolute Gasteiger partial charge is 0.285 e. The van der Waals surface area contributed by atoms with Gasteiger partial charge in [0.25, 0.3) is 11.2 Å². The Balaban J connectivity index is 1.97. The lowest BCUT2D eigenvalue weighted by atomic mass is 10.1. The number of aliphatic hydroxyl groups excluding tert-OH is 1. The van der Waals surface area contributed by atoms with Gasteiger partial charge in [-0.05, 0) is 31.2 Å². The van der Waals surface area contributed by atoms with Crippen molar-refractivity contribution in [3.63, 3.8) is 0 Å². The number of carbonyl (C=O) groups excluding carboxylic acids is 1. The number of nitro groups is 1. The van der Waals surface area contributed by atoms with Crippen molar-refractivity contribution >= 4 is 11.5 Å². The summed E-state index contributed by atoms with van der Waals surface area (Å²) in [4.78, 5) is 32.9. The van der Waals surface area contributed by atoms with Gasteiger partial charge in [0.05, 0.1) is 17.7 Å². The molecule has 2 aromatic rings. The molecule has 1 heterocycles. The molecule has 0 radical (unpaired) electrons. The van der Waals surface area contributed by atoms with Crippen molar-refractivity contribution in [2.75, 3.05) is 6.61 Å². The maximum Gasteiger partial charge on any atom is 0.285 e. The molecule has 126 valence electrons. The van der Waals surface area contributed by atoms with Gasteiger partial charge in [0, 0.05) is 17.7 Å². The Kier molecular flexibility index (Phi) is 5.43. The Morgan fingerprint density at radius 3 is 2.54 bits per heavy atom. The second-order valence-electron chi connectivity index (χ2n) is 5.18. The van der Waals surface area contributed by atoms with Crippen LogP contribution in [0.1, 0.15) is 17.3 Å². The zero-order chi connectivity index (χ0) is 17.7. The van der Waals surface area contributed by atoms with Crippen LogP contribution in [0.3, 0.4) is 0 Å². The van der Waals surface area contributed by atoms with Crippen LogP contribution in [0.5, 0.6) is 5.75 Å². The fraction of sp³-hybridized carbons (Fsp3) is 0.250. The van der Waals surface area contributed by atoms with Gasteiger partial charge in [-0.2, -0.15) is 0 Å². The Bertz CT molecular complexity index is 797. The van der Waals surface area contributed by atoms with E-state index in [2.05, 4.69) is 0 Å². The molecule has 8 heteroatoms. The molecule has 0 spiro atoms. The van der Waals surface area contributed by atoms with Crippen LogP contribution >= 0.6 is 0 Å². The fourth-order valence-electron chi connectivity index (χ4n) is 2.03. The maximum absolute atomic E-state index is 11.7. The number of ether oxygens (including phenoxy) is 1. The summed E-state index contributed by atoms with van der Waals surface area (Å²) in [5.41, 5.74) is -0.140. The van der Waals surface area contributed by atoms with Gasteiger partial charge >= 0.3 is 0 Å². The monoisotopic (exact) mass is 332 g/mol. The van der Waals surface area contributed by atoms with Crippen molar-refractivity contribution < 1.29 is 19.6 Å². The minimum atomic E-state index is -1.03. The number of hydrogen-bond donors (Lipinski definition) is 1. The van der Waals surface area contributed by atoms with E-state index in [0.29, 0.717) is 11.3 Å². The molecule has 0 amide bonds. The zero-order valence-corrected chi connectivity index (χ0v) is 12.9. The molecule has 0 aliphatic heterocycles. The van der Waals surface area contributed by atoms with Gasteiger partial charge in [0.1, 0.15) is 18.5 Å². The normalized spacial score (nSPS) is 11.8. The van der Waals surface area contributed by atoms with Gasteiger partial charge in [-0.15, -0.1) is 0 Å². The summed E-state index contributed by atoms with van der Waals surface area (Å²) in [6.45, 7) is 1.22. The van der Waals surface area contributed by atoms with E-state index in [1.54, 1.807) is 24.3 Å². The number of ketones is 1. The fourth-order valence-corrected chi connectivity index (χ4v) is 2.03. The molecule has 1 aromatic carbocycles. The van der Waals surface area contributed by atoms with Crippen molar-refractivity contribution in [1.29, 1.82) is 0 Å². The maximum atomic E-state index is 11.7. The summed E-state index contributed by atoms with van der Waals surface area (Å²) in [5.74, 6) is 0.400. The second kappa shape index (κ2) is 7.51. The van der Waals surface area contributed by atoms with E-state index in [1.165, 1.54) is 6.92 Å². The lowest BCUT2D eigenvalue weighted by Gasteiger charge is -2.14. The molecule has 2 rings (SSSR count). The summed E-state index contributed by atoms with van der Waals surface area (Å²) in [6.07, 6.45) is 0.0462. The van der Waals surface area contributed by atoms with Crippen LogP contribution < -0.4 is 10.3 Å². The van der Waals surface area contributed by atoms with Crippen molar-refractivity contribution in [1.82, 2.24) is 4.57 Å². The molecule has 1 N–H and O–H groups in total. The number of hydrogen-bond acceptors (Lipinski definition) is 6. The van der Waals surface area contributed by atoms with Crippen molar-refractivity contribution in [3.8, 4) is 5.75 Å². The summed E-state index contributed by atoms with van der Waals surface area (Å²) in [7, 11) is 0. The number of aliphatic hydroxyl groups is 1. The van der Waals surface area contributed by atoms with E-state index in [-0.39, 0.29) is 24.6 Å². The van der Waals surface area contributed by atoms with E-state index < -0.39 is 16.6 Å². The number of rotatable bonds is 7. The average Bonchev–Trinajstić information content (AvgIpc) is 2.55. The molecular formula is C16H16N2O6. The van der Waals surface area contributed by atoms with Gasteiger partial charge in [-0.1, -0.05) is 0 Å². The standard InChI is InChI=1S/C16H16N2O6/c1-11(19)12-2-5-15(6-3-12)24-10-14(20)9-17-8-13(18(22)23)4-7-16(17)21/h2-8,14,20H,9-10H2,1H3. The molecule has 1 atom stereocenters. The van der Waals surface area contributed by atoms with E-state index in [9.17, 15) is 24.8 Å². The average molecular weight is 332 g/mol. The highest BCUT2D eigenvalue weighted by molar-refractivity contribution is 5.94. The van der Waals surface area contributed by atoms with E-state index >= 15 is 0 Å². The molecule has 0 aliphatic carbocycles. The van der Waals surface area contributed by atoms with Crippen molar-refractivity contribution in [2.24, 2.45) is 0 Å². The molecule has 0 aliphatic rings. The molecule has 24 heavy (non-hydrogen) atoms. The highest BCUT2D eigenvalue weighted by Gasteiger charge is 2.12. The predicted molar refractivity (Wildman–Crippen MR) is 85.3 cm³/mol. The van der Waals surface area contributed by atoms with Crippen molar-refractivity contribution in [3.05, 3.63) is 68.6 Å². The number of nitrogens with zero attached hydrogens (tertiary/aromatic N) is 2. The second-order valence-corrected chi connectivity index (χ2v) is 5.18. The summed E-state index contributed by atoms with van der Waals surface area (Å²) in [5, 5.41) is 20.7. The summed E-state index contributed by atoms with van der Waals surface area (Å²) in [6, 6.07) is 8.60. The van der Waals surface area contributed by atoms with Crippen LogP contribution in [0.4, 0.5) is 5.69 Å². The molecule has 1 unspecified atom stereocenters. The summed E-state index contributed by atoms with van der Waals surface area (Å²) >= 11 is 0. The van der Waals surface area contributed by atoms with Crippen LogP contribution in [0.25, 0.3) is 0 Å². The molecule has 0 saturated heterocycles. The largest absolute Gasteiger partial charge is 0.491 e. The number of benzene rings is 1. The quantitative estimate of drug-likeness (QED) is 0.466. The summed E-state index contributed by atoms with van der Waals surface area (Å²) < 4.78 is 6.44. The topological polar surface area (TPSA) is 112 Å². The Labute approximate surface area is 137 Å². The van der Waals surface area contributed by atoms with Gasteiger partial charge < -0.3 is 14.4 Å². The van der Waals surface area contributed by atoms with E-state index in [1.807, 2.05) is 0 Å². The Morgan fingerprint density at radius 2 is 1.96 bits per heavy atom. The first kappa shape index (κ1) is 17.4. The van der Waals surface area contributed by atoms with Crippen LogP contribution in [0, 0.1) is 10.1 Å². The molecule has 1 aromatic heterocycles. The van der Waals surface area contributed by atoms with Crippen LogP contribution in [-0.2, 0) is 6.54 Å². The first-order chi connectivity index (χ1) is 11.4. The Hall–Kier alpha value is -3.00. The number of pyridine rings is 1. The number of Topliss-reactive ketones (excluding diaryl/α,β-unsaturated/α-hetero) is 1. The van der Waals surface area contributed by atoms with Crippen molar-refractivity contribution in [2.45, 2.75) is 19.6 Å². The lowest BCUT2D eigenvalue weighted by molar-refractivity contribution is -0.385. The highest BCUT2D eigenvalue weighted by atomic mass is 16.6. The van der Waals surface area contributed by atoms with Crippen LogP contribution in [-0.4, -0.2) is 33.1 Å². The molecular weight excluding hydrogens is 316 g/mol. The van der Waals surface area contributed by atoms with E-state index in [0.717, 1.165) is 22.9 Å². The lowest BCUT2D eigenvalue weighted by Crippen LogP contribution is -2.29. The highest BCUT2D eigenvalue weighted by Crippen LogP contribution is 2.13. The molecule has 0 fully saturated rings. The third-order valence-electron chi connectivity index (χ3n) is 3.29. The van der Waals surface area contributed by atoms with Crippen LogP contribution in [0.2, 0.25) is 0 Å². The molecule has 0 saturated carbocycles. The van der Waals surface area contributed by atoms with Gasteiger partial charge in [-0.25, -0.2) is 0 Å². The minimum Gasteiger partial charge on any atom is -0.491 e. The van der Waals surface area contributed by atoms with E-state index in [4.69, 9.17) is 4.74 Å². The first-order valence-electron chi connectivity index (χ1n) is 7.13. The zero-order valence-electron chi connectivity index (χ0n) is 12.9. The number of carbonyl (C=O) groups is 1. The first-order valence-corrected chi connectivity index (χ1v) is 7.13. The SMILES string of the molecule is CC(=O)c1ccc(OCC(O)Cn2cc([N+](=O)[O-])ccc2=O)cc1. The number of aromatic nitrogens is 1.